The number of rotatable bonds is 3. The van der Waals surface area contributed by atoms with Gasteiger partial charge in [0.15, 0.2) is 0 Å². The molecule has 16 heavy (non-hydrogen) atoms. The van der Waals surface area contributed by atoms with Gasteiger partial charge in [0.25, 0.3) is 0 Å². The molecule has 2 unspecified atom stereocenters. The lowest BCUT2D eigenvalue weighted by Crippen LogP contribution is -2.19. The number of alkyl halides is 1. The molecular weight excluding hydrogens is 203 g/mol. The summed E-state index contributed by atoms with van der Waals surface area (Å²) in [5.41, 5.74) is 1.83. The zero-order chi connectivity index (χ0) is 11.4. The number of halogens is 1. The van der Waals surface area contributed by atoms with Gasteiger partial charge in [-0.1, -0.05) is 31.0 Å². The topological polar surface area (TPSA) is 17.1 Å². The van der Waals surface area contributed by atoms with E-state index in [0.717, 1.165) is 31.1 Å². The van der Waals surface area contributed by atoms with Crippen LogP contribution >= 0.6 is 0 Å². The van der Waals surface area contributed by atoms with Crippen molar-refractivity contribution in [3.8, 4) is 0 Å². The van der Waals surface area contributed by atoms with E-state index in [1.807, 2.05) is 18.2 Å². The van der Waals surface area contributed by atoms with Gasteiger partial charge in [-0.15, -0.1) is 0 Å². The normalized spacial score (nSPS) is 25.3. The Balaban J connectivity index is 2.23. The monoisotopic (exact) mass is 220 g/mol. The van der Waals surface area contributed by atoms with E-state index in [9.17, 15) is 9.18 Å². The average Bonchev–Trinajstić information content (AvgIpc) is 2.38. The number of hydrogen-bond acceptors (Lipinski definition) is 1. The summed E-state index contributed by atoms with van der Waals surface area (Å²) in [5.74, 6) is 0.453. The van der Waals surface area contributed by atoms with E-state index >= 15 is 0 Å². The van der Waals surface area contributed by atoms with E-state index < -0.39 is 0 Å². The second kappa shape index (κ2) is 5.24. The van der Waals surface area contributed by atoms with Crippen molar-refractivity contribution in [2.24, 2.45) is 5.92 Å². The zero-order valence-corrected chi connectivity index (χ0v) is 9.36. The molecule has 0 spiro atoms. The number of carbonyl (C=O) groups excluding carboxylic acids is 1. The third-order valence-electron chi connectivity index (χ3n) is 3.58. The van der Waals surface area contributed by atoms with E-state index in [2.05, 4.69) is 0 Å². The van der Waals surface area contributed by atoms with Gasteiger partial charge in [-0.3, -0.25) is 9.18 Å². The fraction of sp³-hybridized carbons (Fsp3) is 0.500. The third-order valence-corrected chi connectivity index (χ3v) is 3.58. The van der Waals surface area contributed by atoms with E-state index in [1.54, 1.807) is 6.07 Å². The molecule has 2 atom stereocenters. The predicted molar refractivity (Wildman–Crippen MR) is 62.5 cm³/mol. The van der Waals surface area contributed by atoms with Crippen LogP contribution in [0.5, 0.6) is 0 Å². The third kappa shape index (κ3) is 2.31. The van der Waals surface area contributed by atoms with Crippen molar-refractivity contribution in [2.45, 2.75) is 31.6 Å². The lowest BCUT2D eigenvalue weighted by molar-refractivity contribution is 0.112. The summed E-state index contributed by atoms with van der Waals surface area (Å²) in [5, 5.41) is 0. The van der Waals surface area contributed by atoms with Gasteiger partial charge in [0, 0.05) is 5.56 Å². The SMILES string of the molecule is O=Cc1cccc(C2CCCCC2CF)c1. The van der Waals surface area contributed by atoms with E-state index in [1.165, 1.54) is 6.42 Å². The van der Waals surface area contributed by atoms with Crippen molar-refractivity contribution < 1.29 is 9.18 Å². The Bertz CT molecular complexity index is 362. The van der Waals surface area contributed by atoms with Gasteiger partial charge in [-0.05, 0) is 36.3 Å². The van der Waals surface area contributed by atoms with Crippen molar-refractivity contribution in [3.05, 3.63) is 35.4 Å². The van der Waals surface area contributed by atoms with Gasteiger partial charge in [0.1, 0.15) is 6.29 Å². The first-order chi connectivity index (χ1) is 7.85. The van der Waals surface area contributed by atoms with Crippen molar-refractivity contribution in [1.82, 2.24) is 0 Å². The summed E-state index contributed by atoms with van der Waals surface area (Å²) >= 11 is 0. The maximum atomic E-state index is 12.9. The van der Waals surface area contributed by atoms with Gasteiger partial charge >= 0.3 is 0 Å². The minimum absolute atomic E-state index is 0.149. The van der Waals surface area contributed by atoms with Crippen LogP contribution in [0.25, 0.3) is 0 Å². The molecule has 1 fully saturated rings. The molecule has 1 aliphatic carbocycles. The maximum Gasteiger partial charge on any atom is 0.150 e. The second-order valence-corrected chi connectivity index (χ2v) is 4.59. The average molecular weight is 220 g/mol. The van der Waals surface area contributed by atoms with E-state index in [-0.39, 0.29) is 12.6 Å². The molecule has 0 bridgehead atoms. The first-order valence-electron chi connectivity index (χ1n) is 5.96. The molecule has 0 heterocycles. The Kier molecular flexibility index (Phi) is 3.70. The van der Waals surface area contributed by atoms with Crippen LogP contribution in [0.1, 0.15) is 47.5 Å². The second-order valence-electron chi connectivity index (χ2n) is 4.59. The first kappa shape index (κ1) is 11.3. The van der Waals surface area contributed by atoms with Crippen LogP contribution < -0.4 is 0 Å². The van der Waals surface area contributed by atoms with Crippen LogP contribution in [-0.2, 0) is 0 Å². The van der Waals surface area contributed by atoms with E-state index in [0.29, 0.717) is 11.5 Å². The van der Waals surface area contributed by atoms with E-state index in [4.69, 9.17) is 0 Å². The van der Waals surface area contributed by atoms with Gasteiger partial charge in [0.05, 0.1) is 6.67 Å². The molecule has 0 amide bonds. The quantitative estimate of drug-likeness (QED) is 0.709. The molecule has 2 heteroatoms. The largest absolute Gasteiger partial charge is 0.298 e. The molecule has 0 radical (unpaired) electrons. The highest BCUT2D eigenvalue weighted by Gasteiger charge is 2.26. The number of aldehydes is 1. The predicted octanol–water partition coefficient (Wildman–Crippen LogP) is 3.74. The van der Waals surface area contributed by atoms with Crippen LogP contribution in [0, 0.1) is 5.92 Å². The summed E-state index contributed by atoms with van der Waals surface area (Å²) in [6.45, 7) is -0.240. The lowest BCUT2D eigenvalue weighted by atomic mass is 9.76. The van der Waals surface area contributed by atoms with Gasteiger partial charge < -0.3 is 0 Å². The molecule has 0 N–H and O–H groups in total. The Labute approximate surface area is 95.7 Å². The minimum Gasteiger partial charge on any atom is -0.298 e. The van der Waals surface area contributed by atoms with Gasteiger partial charge in [-0.2, -0.15) is 0 Å². The zero-order valence-electron chi connectivity index (χ0n) is 9.36. The van der Waals surface area contributed by atoms with Crippen molar-refractivity contribution in [1.29, 1.82) is 0 Å². The summed E-state index contributed by atoms with van der Waals surface area (Å²) < 4.78 is 12.9. The summed E-state index contributed by atoms with van der Waals surface area (Å²) in [7, 11) is 0. The van der Waals surface area contributed by atoms with Crippen LogP contribution in [-0.4, -0.2) is 13.0 Å². The molecule has 2 rings (SSSR count). The molecule has 1 nitrogen and oxygen atoms in total. The summed E-state index contributed by atoms with van der Waals surface area (Å²) in [6, 6.07) is 7.62. The first-order valence-corrected chi connectivity index (χ1v) is 5.96. The van der Waals surface area contributed by atoms with Gasteiger partial charge in [-0.25, -0.2) is 0 Å². The Morgan fingerprint density at radius 3 is 2.88 bits per heavy atom. The molecule has 0 aromatic heterocycles. The molecular formula is C14H17FO. The highest BCUT2D eigenvalue weighted by molar-refractivity contribution is 5.75. The van der Waals surface area contributed by atoms with Crippen molar-refractivity contribution in [2.75, 3.05) is 6.67 Å². The molecule has 0 saturated heterocycles. The molecule has 1 aliphatic rings. The van der Waals surface area contributed by atoms with Crippen molar-refractivity contribution in [3.63, 3.8) is 0 Å². The Hall–Kier alpha value is -1.18. The van der Waals surface area contributed by atoms with Crippen LogP contribution in [0.4, 0.5) is 4.39 Å². The molecule has 1 aromatic carbocycles. The number of carbonyl (C=O) groups is 1. The molecule has 1 aromatic rings. The summed E-state index contributed by atoms with van der Waals surface area (Å²) in [4.78, 5) is 10.7. The lowest BCUT2D eigenvalue weighted by Gasteiger charge is -2.30. The van der Waals surface area contributed by atoms with Crippen molar-refractivity contribution >= 4 is 6.29 Å². The Morgan fingerprint density at radius 1 is 1.31 bits per heavy atom. The highest BCUT2D eigenvalue weighted by atomic mass is 19.1. The fourth-order valence-corrected chi connectivity index (χ4v) is 2.69. The standard InChI is InChI=1S/C14H17FO/c15-9-13-5-1-2-7-14(13)12-6-3-4-11(8-12)10-16/h3-4,6,8,10,13-14H,1-2,5,7,9H2. The highest BCUT2D eigenvalue weighted by Crippen LogP contribution is 2.38. The smallest absolute Gasteiger partial charge is 0.150 e. The number of benzene rings is 1. The fourth-order valence-electron chi connectivity index (χ4n) is 2.69. The van der Waals surface area contributed by atoms with Crippen LogP contribution in [0.15, 0.2) is 24.3 Å². The molecule has 86 valence electrons. The molecule has 1 saturated carbocycles. The minimum atomic E-state index is -0.240. The van der Waals surface area contributed by atoms with Crippen LogP contribution in [0.3, 0.4) is 0 Å². The molecule has 0 aliphatic heterocycles. The van der Waals surface area contributed by atoms with Crippen LogP contribution in [0.2, 0.25) is 0 Å². The maximum absolute atomic E-state index is 12.9. The Morgan fingerprint density at radius 2 is 2.12 bits per heavy atom. The van der Waals surface area contributed by atoms with Gasteiger partial charge in [0.2, 0.25) is 0 Å². The summed E-state index contributed by atoms with van der Waals surface area (Å²) in [6.07, 6.45) is 5.20. The number of hydrogen-bond donors (Lipinski definition) is 0.